The van der Waals surface area contributed by atoms with Gasteiger partial charge in [-0.05, 0) is 56.0 Å². The molecule has 8 heteroatoms. The van der Waals surface area contributed by atoms with E-state index in [1.54, 1.807) is 12.1 Å². The third-order valence-electron chi connectivity index (χ3n) is 6.34. The number of amides is 1. The van der Waals surface area contributed by atoms with Gasteiger partial charge in [-0.15, -0.1) is 0 Å². The molecule has 1 amide bonds. The van der Waals surface area contributed by atoms with Gasteiger partial charge in [0, 0.05) is 51.4 Å². The van der Waals surface area contributed by atoms with Crippen LogP contribution in [0.4, 0.5) is 0 Å². The minimum Gasteiger partial charge on any atom is -0.377 e. The SMILES string of the molecule is Cc1ccc(CN2CCCN(C(=O)c3ccc(S(=O)(=O)NCC4CCCO4)cc3)CC2)cc1. The predicted molar refractivity (Wildman–Crippen MR) is 128 cm³/mol. The van der Waals surface area contributed by atoms with Crippen molar-refractivity contribution in [3.8, 4) is 0 Å². The van der Waals surface area contributed by atoms with Crippen molar-refractivity contribution in [3.05, 3.63) is 65.2 Å². The third-order valence-corrected chi connectivity index (χ3v) is 7.78. The van der Waals surface area contributed by atoms with E-state index in [4.69, 9.17) is 4.74 Å². The normalized spacial score (nSPS) is 20.0. The number of carbonyl (C=O) groups excluding carboxylic acids is 1. The predicted octanol–water partition coefficient (Wildman–Crippen LogP) is 2.80. The van der Waals surface area contributed by atoms with Crippen LogP contribution in [0.1, 0.15) is 40.7 Å². The van der Waals surface area contributed by atoms with Gasteiger partial charge in [0.1, 0.15) is 0 Å². The number of nitrogens with one attached hydrogen (secondary N) is 1. The van der Waals surface area contributed by atoms with Crippen LogP contribution < -0.4 is 4.72 Å². The van der Waals surface area contributed by atoms with Crippen molar-refractivity contribution in [1.82, 2.24) is 14.5 Å². The molecule has 1 atom stereocenters. The quantitative estimate of drug-likeness (QED) is 0.672. The second-order valence-corrected chi connectivity index (χ2v) is 10.7. The summed E-state index contributed by atoms with van der Waals surface area (Å²) in [7, 11) is -3.62. The lowest BCUT2D eigenvalue weighted by Gasteiger charge is -2.22. The van der Waals surface area contributed by atoms with E-state index in [2.05, 4.69) is 40.8 Å². The summed E-state index contributed by atoms with van der Waals surface area (Å²) in [4.78, 5) is 17.5. The molecule has 0 saturated carbocycles. The maximum atomic E-state index is 13.0. The van der Waals surface area contributed by atoms with E-state index in [1.165, 1.54) is 23.3 Å². The van der Waals surface area contributed by atoms with Gasteiger partial charge >= 0.3 is 0 Å². The zero-order valence-corrected chi connectivity index (χ0v) is 20.0. The van der Waals surface area contributed by atoms with Gasteiger partial charge in [0.25, 0.3) is 5.91 Å². The topological polar surface area (TPSA) is 79.0 Å². The molecule has 1 unspecified atom stereocenters. The summed E-state index contributed by atoms with van der Waals surface area (Å²) >= 11 is 0. The smallest absolute Gasteiger partial charge is 0.253 e. The number of sulfonamides is 1. The summed E-state index contributed by atoms with van der Waals surface area (Å²) in [5.41, 5.74) is 3.05. The van der Waals surface area contributed by atoms with Crippen LogP contribution in [0, 0.1) is 6.92 Å². The van der Waals surface area contributed by atoms with Crippen molar-refractivity contribution in [2.24, 2.45) is 0 Å². The summed E-state index contributed by atoms with van der Waals surface area (Å²) in [5, 5.41) is 0. The zero-order valence-electron chi connectivity index (χ0n) is 19.2. The fraction of sp³-hybridized carbons (Fsp3) is 0.480. The van der Waals surface area contributed by atoms with E-state index in [9.17, 15) is 13.2 Å². The first-order chi connectivity index (χ1) is 15.9. The molecule has 0 aromatic heterocycles. The second-order valence-electron chi connectivity index (χ2n) is 8.92. The lowest BCUT2D eigenvalue weighted by Crippen LogP contribution is -2.35. The fourth-order valence-corrected chi connectivity index (χ4v) is 5.40. The molecule has 0 radical (unpaired) electrons. The van der Waals surface area contributed by atoms with Crippen molar-refractivity contribution in [1.29, 1.82) is 0 Å². The lowest BCUT2D eigenvalue weighted by atomic mass is 10.1. The Kier molecular flexibility index (Phi) is 7.80. The first kappa shape index (κ1) is 23.9. The van der Waals surface area contributed by atoms with E-state index < -0.39 is 10.0 Å². The molecule has 0 aliphatic carbocycles. The van der Waals surface area contributed by atoms with Crippen LogP contribution in [-0.4, -0.2) is 69.6 Å². The highest BCUT2D eigenvalue weighted by atomic mass is 32.2. The van der Waals surface area contributed by atoms with Crippen molar-refractivity contribution < 1.29 is 17.9 Å². The van der Waals surface area contributed by atoms with Gasteiger partial charge in [0.2, 0.25) is 10.0 Å². The van der Waals surface area contributed by atoms with Crippen LogP contribution in [-0.2, 0) is 21.3 Å². The van der Waals surface area contributed by atoms with Gasteiger partial charge in [0.05, 0.1) is 11.0 Å². The Balaban J connectivity index is 1.32. The minimum atomic E-state index is -3.62. The van der Waals surface area contributed by atoms with Crippen molar-refractivity contribution >= 4 is 15.9 Å². The summed E-state index contributed by atoms with van der Waals surface area (Å²) in [6.07, 6.45) is 2.68. The van der Waals surface area contributed by atoms with Crippen LogP contribution in [0.3, 0.4) is 0 Å². The van der Waals surface area contributed by atoms with Crippen LogP contribution >= 0.6 is 0 Å². The molecule has 178 valence electrons. The van der Waals surface area contributed by atoms with E-state index in [-0.39, 0.29) is 23.5 Å². The van der Waals surface area contributed by atoms with E-state index in [1.807, 2.05) is 4.90 Å². The van der Waals surface area contributed by atoms with Crippen LogP contribution in [0.5, 0.6) is 0 Å². The first-order valence-electron chi connectivity index (χ1n) is 11.7. The molecule has 0 bridgehead atoms. The van der Waals surface area contributed by atoms with Crippen molar-refractivity contribution in [3.63, 3.8) is 0 Å². The van der Waals surface area contributed by atoms with Gasteiger partial charge in [-0.25, -0.2) is 13.1 Å². The molecule has 2 saturated heterocycles. The number of hydrogen-bond donors (Lipinski definition) is 1. The molecule has 0 spiro atoms. The Bertz CT molecular complexity index is 1030. The van der Waals surface area contributed by atoms with Gasteiger partial charge in [-0.3, -0.25) is 9.69 Å². The Morgan fingerprint density at radius 1 is 1.00 bits per heavy atom. The molecular weight excluding hydrogens is 438 g/mol. The monoisotopic (exact) mass is 471 g/mol. The lowest BCUT2D eigenvalue weighted by molar-refractivity contribution is 0.0761. The van der Waals surface area contributed by atoms with E-state index >= 15 is 0 Å². The summed E-state index contributed by atoms with van der Waals surface area (Å²) in [6, 6.07) is 14.8. The minimum absolute atomic E-state index is 0.0524. The number of rotatable bonds is 7. The first-order valence-corrected chi connectivity index (χ1v) is 13.2. The zero-order chi connectivity index (χ0) is 23.3. The highest BCUT2D eigenvalue weighted by molar-refractivity contribution is 7.89. The number of nitrogens with zero attached hydrogens (tertiary/aromatic N) is 2. The summed E-state index contributed by atoms with van der Waals surface area (Å²) in [6.45, 7) is 7.06. The van der Waals surface area contributed by atoms with Gasteiger partial charge in [-0.1, -0.05) is 29.8 Å². The summed E-state index contributed by atoms with van der Waals surface area (Å²) < 4.78 is 33.2. The van der Waals surface area contributed by atoms with Gasteiger partial charge in [0.15, 0.2) is 0 Å². The van der Waals surface area contributed by atoms with Crippen molar-refractivity contribution in [2.45, 2.75) is 43.7 Å². The highest BCUT2D eigenvalue weighted by Crippen LogP contribution is 2.16. The number of hydrogen-bond acceptors (Lipinski definition) is 5. The number of ether oxygens (including phenoxy) is 1. The molecule has 2 aliphatic heterocycles. The van der Waals surface area contributed by atoms with Crippen LogP contribution in [0.15, 0.2) is 53.4 Å². The average molecular weight is 472 g/mol. The maximum absolute atomic E-state index is 13.0. The molecule has 1 N–H and O–H groups in total. The standard InChI is InChI=1S/C25H33N3O4S/c1-20-5-7-21(8-6-20)19-27-13-3-14-28(16-15-27)25(29)22-9-11-24(12-10-22)33(30,31)26-18-23-4-2-17-32-23/h5-12,23,26H,2-4,13-19H2,1H3. The molecule has 2 aromatic carbocycles. The molecule has 4 rings (SSSR count). The number of carbonyl (C=O) groups is 1. The average Bonchev–Trinajstić information content (AvgIpc) is 3.24. The van der Waals surface area contributed by atoms with E-state index in [0.29, 0.717) is 25.3 Å². The largest absolute Gasteiger partial charge is 0.377 e. The Morgan fingerprint density at radius 2 is 1.76 bits per heavy atom. The second kappa shape index (κ2) is 10.8. The Morgan fingerprint density at radius 3 is 2.45 bits per heavy atom. The van der Waals surface area contributed by atoms with Gasteiger partial charge < -0.3 is 9.64 Å². The molecule has 2 fully saturated rings. The Hall–Kier alpha value is -2.26. The fourth-order valence-electron chi connectivity index (χ4n) is 4.33. The highest BCUT2D eigenvalue weighted by Gasteiger charge is 2.23. The Labute approximate surface area is 196 Å². The molecular formula is C25H33N3O4S. The molecule has 2 aromatic rings. The molecule has 33 heavy (non-hydrogen) atoms. The molecule has 7 nitrogen and oxygen atoms in total. The summed E-state index contributed by atoms with van der Waals surface area (Å²) in [5.74, 6) is -0.0524. The molecule has 2 aliphatic rings. The van der Waals surface area contributed by atoms with E-state index in [0.717, 1.165) is 38.9 Å². The molecule has 2 heterocycles. The van der Waals surface area contributed by atoms with Crippen LogP contribution in [0.2, 0.25) is 0 Å². The maximum Gasteiger partial charge on any atom is 0.253 e. The third kappa shape index (κ3) is 6.41. The number of aryl methyl sites for hydroxylation is 1. The van der Waals surface area contributed by atoms with Crippen LogP contribution in [0.25, 0.3) is 0 Å². The van der Waals surface area contributed by atoms with Gasteiger partial charge in [-0.2, -0.15) is 0 Å². The van der Waals surface area contributed by atoms with Crippen molar-refractivity contribution in [2.75, 3.05) is 39.3 Å². The number of benzene rings is 2.